The summed E-state index contributed by atoms with van der Waals surface area (Å²) in [7, 11) is 0. The highest BCUT2D eigenvalue weighted by molar-refractivity contribution is 8.02. The summed E-state index contributed by atoms with van der Waals surface area (Å²) >= 11 is 1.76. The lowest BCUT2D eigenvalue weighted by atomic mass is 9.91. The molecule has 0 saturated heterocycles. The van der Waals surface area contributed by atoms with Gasteiger partial charge < -0.3 is 4.42 Å². The van der Waals surface area contributed by atoms with Crippen LogP contribution in [-0.4, -0.2) is 10.7 Å². The lowest BCUT2D eigenvalue weighted by molar-refractivity contribution is 0.356. The molecule has 0 radical (unpaired) electrons. The molecular weight excluding hydrogens is 268 g/mol. The molecule has 0 spiro atoms. The molecule has 0 fully saturated rings. The van der Waals surface area contributed by atoms with Crippen LogP contribution in [0.5, 0.6) is 0 Å². The quantitative estimate of drug-likeness (QED) is 0.763. The Bertz CT molecular complexity index is 481. The largest absolute Gasteiger partial charge is 0.445 e. The van der Waals surface area contributed by atoms with E-state index in [1.54, 1.807) is 11.8 Å². The molecule has 0 saturated carbocycles. The zero-order valence-corrected chi connectivity index (χ0v) is 14.3. The van der Waals surface area contributed by atoms with Crippen molar-refractivity contribution in [1.29, 1.82) is 0 Å². The van der Waals surface area contributed by atoms with E-state index in [1.807, 2.05) is 26.2 Å². The zero-order chi connectivity index (χ0) is 15.2. The third-order valence-corrected chi connectivity index (χ3v) is 3.56. The topological polar surface area (TPSA) is 38.4 Å². The molecule has 20 heavy (non-hydrogen) atoms. The van der Waals surface area contributed by atoms with Gasteiger partial charge in [-0.1, -0.05) is 34.6 Å². The molecule has 2 heterocycles. The van der Waals surface area contributed by atoms with E-state index >= 15 is 0 Å². The zero-order valence-electron chi connectivity index (χ0n) is 13.5. The summed E-state index contributed by atoms with van der Waals surface area (Å²) in [4.78, 5) is 9.89. The van der Waals surface area contributed by atoms with Gasteiger partial charge >= 0.3 is 0 Å². The minimum atomic E-state index is 0.239. The van der Waals surface area contributed by atoms with Crippen LogP contribution < -0.4 is 0 Å². The molecule has 0 N–H and O–H groups in total. The third kappa shape index (κ3) is 5.95. The molecule has 1 aliphatic heterocycles. The monoisotopic (exact) mass is 294 g/mol. The van der Waals surface area contributed by atoms with Crippen molar-refractivity contribution in [3.8, 4) is 0 Å². The Morgan fingerprint density at radius 1 is 1.30 bits per heavy atom. The average Bonchev–Trinajstić information content (AvgIpc) is 2.96. The minimum Gasteiger partial charge on any atom is -0.445 e. The van der Waals surface area contributed by atoms with Gasteiger partial charge in [-0.2, -0.15) is 0 Å². The molecule has 0 atom stereocenters. The highest BCUT2D eigenvalue weighted by atomic mass is 32.2. The Hall–Kier alpha value is -1.03. The summed E-state index contributed by atoms with van der Waals surface area (Å²) in [6, 6.07) is 0. The van der Waals surface area contributed by atoms with Crippen LogP contribution in [0.25, 0.3) is 0 Å². The number of thioether (sulfide) groups is 1. The van der Waals surface area contributed by atoms with E-state index < -0.39 is 0 Å². The molecule has 0 amide bonds. The number of allylic oxidation sites excluding steroid dienone is 1. The van der Waals surface area contributed by atoms with Gasteiger partial charge in [-0.15, -0.1) is 11.8 Å². The predicted octanol–water partition coefficient (Wildman–Crippen LogP) is 5.23. The van der Waals surface area contributed by atoms with Gasteiger partial charge in [0.05, 0.1) is 11.9 Å². The van der Waals surface area contributed by atoms with Crippen molar-refractivity contribution in [2.24, 2.45) is 10.4 Å². The third-order valence-electron chi connectivity index (χ3n) is 2.55. The number of oxazole rings is 1. The van der Waals surface area contributed by atoms with Gasteiger partial charge in [0.15, 0.2) is 0 Å². The second kappa shape index (κ2) is 7.67. The highest BCUT2D eigenvalue weighted by Gasteiger charge is 2.15. The molecule has 3 nitrogen and oxygen atoms in total. The van der Waals surface area contributed by atoms with E-state index in [1.165, 1.54) is 10.6 Å². The standard InChI is InChI=1S/C14H20N2OS.C2H6/c1-10-5-12(8-15-10)18-9-13-16-7-11(17-13)6-14(2,3)4;1-2/h7-8H,5-6,9H2,1-4H3;1-2H3. The second-order valence-corrected chi connectivity index (χ2v) is 6.98. The first-order valence-corrected chi connectivity index (χ1v) is 8.20. The number of hydrogen-bond donors (Lipinski definition) is 0. The molecule has 0 aromatic carbocycles. The van der Waals surface area contributed by atoms with Crippen molar-refractivity contribution >= 4 is 17.5 Å². The van der Waals surface area contributed by atoms with Crippen molar-refractivity contribution < 1.29 is 4.42 Å². The first-order valence-electron chi connectivity index (χ1n) is 7.21. The molecule has 0 bridgehead atoms. The van der Waals surface area contributed by atoms with Crippen LogP contribution in [-0.2, 0) is 12.2 Å². The smallest absolute Gasteiger partial charge is 0.204 e. The molecule has 2 rings (SSSR count). The van der Waals surface area contributed by atoms with Gasteiger partial charge in [0.2, 0.25) is 5.89 Å². The molecule has 1 aromatic rings. The lowest BCUT2D eigenvalue weighted by Gasteiger charge is -2.15. The Morgan fingerprint density at radius 3 is 2.55 bits per heavy atom. The van der Waals surface area contributed by atoms with Gasteiger partial charge in [0.1, 0.15) is 5.76 Å². The average molecular weight is 294 g/mol. The fourth-order valence-corrected chi connectivity index (χ4v) is 2.67. The van der Waals surface area contributed by atoms with Crippen molar-refractivity contribution in [1.82, 2.24) is 4.98 Å². The molecular formula is C16H26N2OS. The fraction of sp³-hybridized carbons (Fsp3) is 0.625. The summed E-state index contributed by atoms with van der Waals surface area (Å²) in [6.07, 6.45) is 5.70. The molecule has 1 aromatic heterocycles. The molecule has 1 aliphatic rings. The summed E-state index contributed by atoms with van der Waals surface area (Å²) in [5.41, 5.74) is 1.42. The SMILES string of the molecule is CC.CC1=NC=C(SCc2ncc(CC(C)(C)C)o2)C1. The highest BCUT2D eigenvalue weighted by Crippen LogP contribution is 2.28. The maximum Gasteiger partial charge on any atom is 0.204 e. The van der Waals surface area contributed by atoms with Gasteiger partial charge in [-0.05, 0) is 12.3 Å². The van der Waals surface area contributed by atoms with Crippen LogP contribution in [0.4, 0.5) is 0 Å². The van der Waals surface area contributed by atoms with Crippen LogP contribution in [0, 0.1) is 5.41 Å². The van der Waals surface area contributed by atoms with Crippen molar-refractivity contribution in [3.05, 3.63) is 29.0 Å². The molecule has 0 aliphatic carbocycles. The predicted molar refractivity (Wildman–Crippen MR) is 88.1 cm³/mol. The lowest BCUT2D eigenvalue weighted by Crippen LogP contribution is -2.08. The number of hydrogen-bond acceptors (Lipinski definition) is 4. The van der Waals surface area contributed by atoms with E-state index in [4.69, 9.17) is 4.42 Å². The van der Waals surface area contributed by atoms with Crippen molar-refractivity contribution in [2.45, 2.75) is 60.1 Å². The fourth-order valence-electron chi connectivity index (χ4n) is 1.79. The summed E-state index contributed by atoms with van der Waals surface area (Å²) in [5.74, 6) is 2.58. The second-order valence-electron chi connectivity index (χ2n) is 5.88. The number of nitrogens with zero attached hydrogens (tertiary/aromatic N) is 2. The van der Waals surface area contributed by atoms with Gasteiger partial charge in [-0.3, -0.25) is 4.99 Å². The van der Waals surface area contributed by atoms with Crippen LogP contribution in [0.2, 0.25) is 0 Å². The van der Waals surface area contributed by atoms with Crippen LogP contribution in [0.3, 0.4) is 0 Å². The van der Waals surface area contributed by atoms with E-state index in [-0.39, 0.29) is 5.41 Å². The maximum absolute atomic E-state index is 5.75. The minimum absolute atomic E-state index is 0.239. The first kappa shape index (κ1) is 17.0. The number of aliphatic imine (C=N–C) groups is 1. The molecule has 112 valence electrons. The van der Waals surface area contributed by atoms with Gasteiger partial charge in [-0.25, -0.2) is 4.98 Å². The summed E-state index contributed by atoms with van der Waals surface area (Å²) < 4.78 is 5.75. The van der Waals surface area contributed by atoms with E-state index in [0.29, 0.717) is 0 Å². The Morgan fingerprint density at radius 2 is 2.00 bits per heavy atom. The van der Waals surface area contributed by atoms with Crippen LogP contribution >= 0.6 is 11.8 Å². The Balaban J connectivity index is 0.000000956. The maximum atomic E-state index is 5.75. The summed E-state index contributed by atoms with van der Waals surface area (Å²) in [5, 5.41) is 0. The number of aromatic nitrogens is 1. The van der Waals surface area contributed by atoms with Crippen molar-refractivity contribution in [2.75, 3.05) is 0 Å². The van der Waals surface area contributed by atoms with Crippen LogP contribution in [0.1, 0.15) is 59.6 Å². The number of rotatable bonds is 4. The van der Waals surface area contributed by atoms with E-state index in [9.17, 15) is 0 Å². The Labute approximate surface area is 127 Å². The molecule has 4 heteroatoms. The van der Waals surface area contributed by atoms with Gasteiger partial charge in [0, 0.05) is 29.7 Å². The van der Waals surface area contributed by atoms with Crippen LogP contribution in [0.15, 0.2) is 26.7 Å². The van der Waals surface area contributed by atoms with E-state index in [2.05, 4.69) is 37.7 Å². The first-order chi connectivity index (χ1) is 9.42. The van der Waals surface area contributed by atoms with Gasteiger partial charge in [0.25, 0.3) is 0 Å². The molecule has 0 unspecified atom stereocenters. The normalized spacial score (nSPS) is 14.5. The summed E-state index contributed by atoms with van der Waals surface area (Å²) in [6.45, 7) is 12.7. The Kier molecular flexibility index (Phi) is 6.53. The van der Waals surface area contributed by atoms with E-state index in [0.717, 1.165) is 30.2 Å². The van der Waals surface area contributed by atoms with Crippen molar-refractivity contribution in [3.63, 3.8) is 0 Å².